The average Bonchev–Trinajstić information content (AvgIpc) is 2.91. The minimum atomic E-state index is -0.906. The normalized spacial score (nSPS) is 18.1. The van der Waals surface area contributed by atoms with Crippen molar-refractivity contribution < 1.29 is 18.3 Å². The molecule has 110 valence electrons. The maximum absolute atomic E-state index is 13.5. The smallest absolute Gasteiger partial charge is 0.251 e. The Kier molecular flexibility index (Phi) is 4.86. The molecule has 2 rings (SSSR count). The van der Waals surface area contributed by atoms with Crippen molar-refractivity contribution in [3.63, 3.8) is 0 Å². The van der Waals surface area contributed by atoms with Gasteiger partial charge in [0.1, 0.15) is 5.69 Å². The fraction of sp³-hybridized carbons (Fsp3) is 0.462. The summed E-state index contributed by atoms with van der Waals surface area (Å²) in [5.74, 6) is 2.65. The number of hydrazine groups is 1. The molecule has 0 aliphatic carbocycles. The van der Waals surface area contributed by atoms with E-state index >= 15 is 0 Å². The van der Waals surface area contributed by atoms with Crippen LogP contribution in [0.2, 0.25) is 0 Å². The summed E-state index contributed by atoms with van der Waals surface area (Å²) >= 11 is 0. The minimum absolute atomic E-state index is 0.0775. The number of amides is 1. The number of halogens is 2. The zero-order valence-electron chi connectivity index (χ0n) is 10.9. The predicted molar refractivity (Wildman–Crippen MR) is 70.1 cm³/mol. The average molecular weight is 285 g/mol. The van der Waals surface area contributed by atoms with Gasteiger partial charge in [-0.3, -0.25) is 10.6 Å². The summed E-state index contributed by atoms with van der Waals surface area (Å²) in [6.45, 7) is 1.16. The summed E-state index contributed by atoms with van der Waals surface area (Å²) in [6, 6.07) is 1.89. The molecule has 1 heterocycles. The molecule has 1 aliphatic rings. The Morgan fingerprint density at radius 1 is 1.40 bits per heavy atom. The number of rotatable bonds is 5. The fourth-order valence-corrected chi connectivity index (χ4v) is 2.16. The number of carbonyl (C=O) groups is 1. The topological polar surface area (TPSA) is 76.4 Å². The van der Waals surface area contributed by atoms with E-state index in [9.17, 15) is 13.6 Å². The Morgan fingerprint density at radius 2 is 2.10 bits per heavy atom. The van der Waals surface area contributed by atoms with Gasteiger partial charge in [-0.1, -0.05) is 0 Å². The highest BCUT2D eigenvalue weighted by molar-refractivity contribution is 5.94. The van der Waals surface area contributed by atoms with Crippen molar-refractivity contribution in [3.8, 4) is 0 Å². The van der Waals surface area contributed by atoms with Crippen LogP contribution in [0.1, 0.15) is 29.6 Å². The molecule has 20 heavy (non-hydrogen) atoms. The van der Waals surface area contributed by atoms with Crippen molar-refractivity contribution in [2.45, 2.75) is 25.4 Å². The second-order valence-corrected chi connectivity index (χ2v) is 4.64. The molecule has 1 aromatic carbocycles. The predicted octanol–water partition coefficient (Wildman–Crippen LogP) is 1.55. The van der Waals surface area contributed by atoms with E-state index in [4.69, 9.17) is 10.6 Å². The lowest BCUT2D eigenvalue weighted by atomic mass is 10.1. The molecule has 0 aromatic heterocycles. The van der Waals surface area contributed by atoms with Crippen molar-refractivity contribution in [1.29, 1.82) is 0 Å². The van der Waals surface area contributed by atoms with Crippen molar-refractivity contribution in [2.75, 3.05) is 18.6 Å². The maximum atomic E-state index is 13.5. The minimum Gasteiger partial charge on any atom is -0.378 e. The number of nitrogen functional groups attached to an aromatic ring is 1. The van der Waals surface area contributed by atoms with Gasteiger partial charge >= 0.3 is 0 Å². The van der Waals surface area contributed by atoms with Crippen LogP contribution in [0.4, 0.5) is 14.5 Å². The van der Waals surface area contributed by atoms with Gasteiger partial charge in [0, 0.05) is 18.7 Å². The monoisotopic (exact) mass is 285 g/mol. The number of nitrogens with two attached hydrogens (primary N) is 1. The van der Waals surface area contributed by atoms with Crippen LogP contribution >= 0.6 is 0 Å². The number of anilines is 1. The molecule has 5 nitrogen and oxygen atoms in total. The molecule has 1 fully saturated rings. The van der Waals surface area contributed by atoms with Gasteiger partial charge in [-0.15, -0.1) is 0 Å². The molecule has 0 radical (unpaired) electrons. The van der Waals surface area contributed by atoms with Crippen LogP contribution in [0, 0.1) is 11.6 Å². The summed E-state index contributed by atoms with van der Waals surface area (Å²) in [6.07, 6.45) is 2.87. The summed E-state index contributed by atoms with van der Waals surface area (Å²) in [7, 11) is 0. The quantitative estimate of drug-likeness (QED) is 0.566. The van der Waals surface area contributed by atoms with E-state index in [1.807, 2.05) is 5.43 Å². The Bertz CT molecular complexity index is 467. The van der Waals surface area contributed by atoms with Crippen molar-refractivity contribution in [3.05, 3.63) is 29.3 Å². The Hall–Kier alpha value is -1.73. The summed E-state index contributed by atoms with van der Waals surface area (Å²) in [5, 5.41) is 2.61. The zero-order valence-corrected chi connectivity index (χ0v) is 10.9. The molecular formula is C13H17F2N3O2. The summed E-state index contributed by atoms with van der Waals surface area (Å²) in [5.41, 5.74) is 1.38. The molecule has 1 unspecified atom stereocenters. The molecular weight excluding hydrogens is 268 g/mol. The number of carbonyl (C=O) groups excluding carboxylic acids is 1. The highest BCUT2D eigenvalue weighted by Crippen LogP contribution is 2.19. The second-order valence-electron chi connectivity index (χ2n) is 4.64. The molecule has 0 bridgehead atoms. The molecule has 4 N–H and O–H groups in total. The lowest BCUT2D eigenvalue weighted by molar-refractivity contribution is 0.0906. The first kappa shape index (κ1) is 14.7. The van der Waals surface area contributed by atoms with Gasteiger partial charge in [0.05, 0.1) is 6.10 Å². The Morgan fingerprint density at radius 3 is 2.65 bits per heavy atom. The third kappa shape index (κ3) is 3.43. The molecule has 0 saturated carbocycles. The zero-order chi connectivity index (χ0) is 14.5. The van der Waals surface area contributed by atoms with Crippen LogP contribution in [0.15, 0.2) is 12.1 Å². The van der Waals surface area contributed by atoms with Crippen molar-refractivity contribution in [1.82, 2.24) is 5.32 Å². The van der Waals surface area contributed by atoms with Crippen LogP contribution in [0.5, 0.6) is 0 Å². The molecule has 7 heteroatoms. The molecule has 1 aromatic rings. The van der Waals surface area contributed by atoms with Crippen LogP contribution in [0.25, 0.3) is 0 Å². The molecule has 1 aliphatic heterocycles. The van der Waals surface area contributed by atoms with E-state index in [2.05, 4.69) is 5.32 Å². The van der Waals surface area contributed by atoms with Crippen LogP contribution in [0.3, 0.4) is 0 Å². The Labute approximate surface area is 115 Å². The number of hydrogen-bond donors (Lipinski definition) is 3. The van der Waals surface area contributed by atoms with Gasteiger partial charge in [-0.2, -0.15) is 0 Å². The van der Waals surface area contributed by atoms with Gasteiger partial charge in [0.15, 0.2) is 11.6 Å². The number of benzene rings is 1. The first-order chi connectivity index (χ1) is 9.61. The lowest BCUT2D eigenvalue weighted by Gasteiger charge is -2.11. The van der Waals surface area contributed by atoms with E-state index in [1.165, 1.54) is 0 Å². The third-order valence-corrected chi connectivity index (χ3v) is 3.22. The number of ether oxygens (including phenoxy) is 1. The number of nitrogens with one attached hydrogen (secondary N) is 2. The second kappa shape index (κ2) is 6.62. The standard InChI is InChI=1S/C13H17F2N3O2/c14-10-6-8(7-11(15)12(10)18-16)13(19)17-4-3-9-2-1-5-20-9/h6-7,9,18H,1-5,16H2,(H,17,19). The lowest BCUT2D eigenvalue weighted by Crippen LogP contribution is -2.27. The third-order valence-electron chi connectivity index (χ3n) is 3.22. The highest BCUT2D eigenvalue weighted by Gasteiger charge is 2.17. The van der Waals surface area contributed by atoms with Crippen LogP contribution < -0.4 is 16.6 Å². The highest BCUT2D eigenvalue weighted by atomic mass is 19.1. The van der Waals surface area contributed by atoms with Gasteiger partial charge < -0.3 is 15.5 Å². The maximum Gasteiger partial charge on any atom is 0.251 e. The largest absolute Gasteiger partial charge is 0.378 e. The molecule has 1 saturated heterocycles. The molecule has 0 spiro atoms. The van der Waals surface area contributed by atoms with E-state index in [-0.39, 0.29) is 11.7 Å². The molecule has 1 amide bonds. The first-order valence-electron chi connectivity index (χ1n) is 6.47. The fourth-order valence-electron chi connectivity index (χ4n) is 2.16. The first-order valence-corrected chi connectivity index (χ1v) is 6.47. The number of hydrogen-bond acceptors (Lipinski definition) is 4. The van der Waals surface area contributed by atoms with Crippen molar-refractivity contribution >= 4 is 11.6 Å². The van der Waals surface area contributed by atoms with Gasteiger partial charge in [0.25, 0.3) is 5.91 Å². The van der Waals surface area contributed by atoms with E-state index in [1.54, 1.807) is 0 Å². The van der Waals surface area contributed by atoms with E-state index in [0.717, 1.165) is 31.6 Å². The summed E-state index contributed by atoms with van der Waals surface area (Å²) in [4.78, 5) is 11.8. The molecule has 1 atom stereocenters. The Balaban J connectivity index is 1.91. The van der Waals surface area contributed by atoms with E-state index in [0.29, 0.717) is 13.0 Å². The van der Waals surface area contributed by atoms with Crippen molar-refractivity contribution in [2.24, 2.45) is 5.84 Å². The summed E-state index contributed by atoms with van der Waals surface area (Å²) < 4.78 is 32.3. The van der Waals surface area contributed by atoms with E-state index < -0.39 is 23.2 Å². The SMILES string of the molecule is NNc1c(F)cc(C(=O)NCCC2CCCO2)cc1F. The van der Waals surface area contributed by atoms with Gasteiger partial charge in [-0.05, 0) is 31.4 Å². The van der Waals surface area contributed by atoms with Crippen LogP contribution in [-0.4, -0.2) is 25.2 Å². The van der Waals surface area contributed by atoms with Crippen LogP contribution in [-0.2, 0) is 4.74 Å². The van der Waals surface area contributed by atoms with Gasteiger partial charge in [-0.25, -0.2) is 8.78 Å². The van der Waals surface area contributed by atoms with Gasteiger partial charge in [0.2, 0.25) is 0 Å².